The van der Waals surface area contributed by atoms with Crippen LogP contribution in [0.2, 0.25) is 0 Å². The molecule has 1 aliphatic rings. The molecule has 0 spiro atoms. The van der Waals surface area contributed by atoms with Crippen molar-refractivity contribution in [2.24, 2.45) is 0 Å². The third kappa shape index (κ3) is 4.33. The lowest BCUT2D eigenvalue weighted by molar-refractivity contribution is -0.133. The largest absolute Gasteiger partial charge is 0.483 e. The van der Waals surface area contributed by atoms with Crippen LogP contribution in [0.25, 0.3) is 0 Å². The molecule has 6 nitrogen and oxygen atoms in total. The van der Waals surface area contributed by atoms with Gasteiger partial charge in [0.15, 0.2) is 6.61 Å². The Kier molecular flexibility index (Phi) is 5.76. The summed E-state index contributed by atoms with van der Waals surface area (Å²) in [5, 5.41) is 0. The number of ether oxygens (including phenoxy) is 1. The van der Waals surface area contributed by atoms with E-state index in [2.05, 4.69) is 49.9 Å². The Balaban J connectivity index is 1.53. The molecule has 7 heteroatoms. The molecule has 0 bridgehead atoms. The first kappa shape index (κ1) is 18.6. The maximum absolute atomic E-state index is 12.5. The quantitative estimate of drug-likeness (QED) is 0.763. The highest BCUT2D eigenvalue weighted by Crippen LogP contribution is 2.24. The van der Waals surface area contributed by atoms with Gasteiger partial charge in [0.05, 0.1) is 4.47 Å². The predicted octanol–water partition coefficient (Wildman–Crippen LogP) is 2.89. The van der Waals surface area contributed by atoms with Gasteiger partial charge < -0.3 is 14.5 Å². The molecular weight excluding hydrogens is 396 g/mol. The van der Waals surface area contributed by atoms with Gasteiger partial charge in [-0.25, -0.2) is 9.97 Å². The summed E-state index contributed by atoms with van der Waals surface area (Å²) in [6.07, 6.45) is 3.47. The Labute approximate surface area is 162 Å². The minimum atomic E-state index is 0.0146. The van der Waals surface area contributed by atoms with Crippen molar-refractivity contribution in [2.75, 3.05) is 37.7 Å². The summed E-state index contributed by atoms with van der Waals surface area (Å²) < 4.78 is 6.68. The number of nitrogens with zero attached hydrogens (tertiary/aromatic N) is 4. The second kappa shape index (κ2) is 8.03. The van der Waals surface area contributed by atoms with Gasteiger partial charge in [-0.3, -0.25) is 4.79 Å². The van der Waals surface area contributed by atoms with E-state index < -0.39 is 0 Å². The highest BCUT2D eigenvalue weighted by molar-refractivity contribution is 9.10. The van der Waals surface area contributed by atoms with E-state index >= 15 is 0 Å². The van der Waals surface area contributed by atoms with E-state index in [0.717, 1.165) is 34.4 Å². The van der Waals surface area contributed by atoms with Crippen LogP contribution in [0.5, 0.6) is 5.75 Å². The minimum Gasteiger partial charge on any atom is -0.483 e. The second-order valence-electron chi connectivity index (χ2n) is 6.59. The minimum absolute atomic E-state index is 0.0146. The molecular formula is C19H23BrN4O2. The van der Waals surface area contributed by atoms with Crippen LogP contribution in [0.4, 0.5) is 5.95 Å². The first-order chi connectivity index (χ1) is 12.4. The molecule has 3 rings (SSSR count). The maximum atomic E-state index is 12.5. The standard InChI is InChI=1S/C19H23BrN4O2/c1-13-8-14(2)18(15(3)9-13)26-12-17(25)23-4-6-24(7-5-23)19-21-10-16(20)11-22-19/h8-11H,4-7,12H2,1-3H3. The number of carbonyl (C=O) groups excluding carboxylic acids is 1. The van der Waals surface area contributed by atoms with Crippen LogP contribution < -0.4 is 9.64 Å². The predicted molar refractivity (Wildman–Crippen MR) is 105 cm³/mol. The zero-order chi connectivity index (χ0) is 18.7. The summed E-state index contributed by atoms with van der Waals surface area (Å²) in [5.74, 6) is 1.52. The highest BCUT2D eigenvalue weighted by atomic mass is 79.9. The summed E-state index contributed by atoms with van der Waals surface area (Å²) in [4.78, 5) is 25.1. The van der Waals surface area contributed by atoms with Crippen LogP contribution in [0.1, 0.15) is 16.7 Å². The van der Waals surface area contributed by atoms with Crippen molar-refractivity contribution in [3.05, 3.63) is 45.7 Å². The maximum Gasteiger partial charge on any atom is 0.260 e. The lowest BCUT2D eigenvalue weighted by atomic mass is 10.1. The number of aromatic nitrogens is 2. The van der Waals surface area contributed by atoms with Gasteiger partial charge in [-0.15, -0.1) is 0 Å². The molecule has 1 amide bonds. The van der Waals surface area contributed by atoms with E-state index in [1.165, 1.54) is 5.56 Å². The van der Waals surface area contributed by atoms with Gasteiger partial charge in [-0.05, 0) is 47.8 Å². The number of carbonyl (C=O) groups is 1. The Morgan fingerprint density at radius 2 is 1.65 bits per heavy atom. The fourth-order valence-corrected chi connectivity index (χ4v) is 3.45. The third-order valence-electron chi connectivity index (χ3n) is 4.47. The first-order valence-electron chi connectivity index (χ1n) is 8.65. The van der Waals surface area contributed by atoms with Crippen molar-refractivity contribution in [3.63, 3.8) is 0 Å². The lowest BCUT2D eigenvalue weighted by Crippen LogP contribution is -2.50. The molecule has 1 aromatic carbocycles. The van der Waals surface area contributed by atoms with Crippen molar-refractivity contribution < 1.29 is 9.53 Å². The molecule has 0 saturated carbocycles. The van der Waals surface area contributed by atoms with Crippen molar-refractivity contribution in [1.29, 1.82) is 0 Å². The molecule has 138 valence electrons. The normalized spacial score (nSPS) is 14.5. The van der Waals surface area contributed by atoms with Gasteiger partial charge in [0.2, 0.25) is 5.95 Å². The van der Waals surface area contributed by atoms with Crippen molar-refractivity contribution in [1.82, 2.24) is 14.9 Å². The second-order valence-corrected chi connectivity index (χ2v) is 7.50. The van der Waals surface area contributed by atoms with Crippen molar-refractivity contribution in [2.45, 2.75) is 20.8 Å². The van der Waals surface area contributed by atoms with Crippen LogP contribution in [0, 0.1) is 20.8 Å². The van der Waals surface area contributed by atoms with E-state index in [1.807, 2.05) is 18.7 Å². The molecule has 1 aromatic heterocycles. The fraction of sp³-hybridized carbons (Fsp3) is 0.421. The number of anilines is 1. The Morgan fingerprint density at radius 3 is 2.23 bits per heavy atom. The topological polar surface area (TPSA) is 58.6 Å². The van der Waals surface area contributed by atoms with E-state index in [0.29, 0.717) is 19.0 Å². The van der Waals surface area contributed by atoms with Crippen LogP contribution in [0.3, 0.4) is 0 Å². The molecule has 0 radical (unpaired) electrons. The number of hydrogen-bond acceptors (Lipinski definition) is 5. The molecule has 0 aliphatic carbocycles. The number of amides is 1. The van der Waals surface area contributed by atoms with Crippen LogP contribution in [0.15, 0.2) is 29.0 Å². The molecule has 2 aromatic rings. The zero-order valence-electron chi connectivity index (χ0n) is 15.3. The lowest BCUT2D eigenvalue weighted by Gasteiger charge is -2.34. The molecule has 2 heterocycles. The highest BCUT2D eigenvalue weighted by Gasteiger charge is 2.23. The Hall–Kier alpha value is -2.15. The molecule has 1 aliphatic heterocycles. The van der Waals surface area contributed by atoms with E-state index in [9.17, 15) is 4.79 Å². The average molecular weight is 419 g/mol. The summed E-state index contributed by atoms with van der Waals surface area (Å²) in [7, 11) is 0. The Bertz CT molecular complexity index is 764. The number of aryl methyl sites for hydroxylation is 3. The van der Waals surface area contributed by atoms with E-state index in [-0.39, 0.29) is 12.5 Å². The van der Waals surface area contributed by atoms with E-state index in [1.54, 1.807) is 12.4 Å². The van der Waals surface area contributed by atoms with Gasteiger partial charge in [-0.1, -0.05) is 17.7 Å². The molecule has 1 saturated heterocycles. The van der Waals surface area contributed by atoms with Gasteiger partial charge >= 0.3 is 0 Å². The van der Waals surface area contributed by atoms with Crippen molar-refractivity contribution in [3.8, 4) is 5.75 Å². The molecule has 0 unspecified atom stereocenters. The summed E-state index contributed by atoms with van der Waals surface area (Å²) in [6, 6.07) is 4.15. The Morgan fingerprint density at radius 1 is 1.08 bits per heavy atom. The van der Waals surface area contributed by atoms with Gasteiger partial charge in [-0.2, -0.15) is 0 Å². The molecule has 0 atom stereocenters. The molecule has 1 fully saturated rings. The smallest absolute Gasteiger partial charge is 0.260 e. The average Bonchev–Trinajstić information content (AvgIpc) is 2.61. The number of benzene rings is 1. The van der Waals surface area contributed by atoms with Crippen LogP contribution in [-0.2, 0) is 4.79 Å². The fourth-order valence-electron chi connectivity index (χ4n) is 3.24. The van der Waals surface area contributed by atoms with Crippen LogP contribution >= 0.6 is 15.9 Å². The zero-order valence-corrected chi connectivity index (χ0v) is 16.9. The van der Waals surface area contributed by atoms with Crippen LogP contribution in [-0.4, -0.2) is 53.6 Å². The van der Waals surface area contributed by atoms with Gasteiger partial charge in [0.1, 0.15) is 5.75 Å². The van der Waals surface area contributed by atoms with Gasteiger partial charge in [0, 0.05) is 38.6 Å². The molecule has 26 heavy (non-hydrogen) atoms. The third-order valence-corrected chi connectivity index (χ3v) is 4.88. The first-order valence-corrected chi connectivity index (χ1v) is 9.44. The monoisotopic (exact) mass is 418 g/mol. The number of rotatable bonds is 4. The SMILES string of the molecule is Cc1cc(C)c(OCC(=O)N2CCN(c3ncc(Br)cn3)CC2)c(C)c1. The van der Waals surface area contributed by atoms with Crippen molar-refractivity contribution >= 4 is 27.8 Å². The van der Waals surface area contributed by atoms with Gasteiger partial charge in [0.25, 0.3) is 5.91 Å². The number of hydrogen-bond donors (Lipinski definition) is 0. The molecule has 0 N–H and O–H groups in total. The summed E-state index contributed by atoms with van der Waals surface area (Å²) >= 11 is 3.34. The summed E-state index contributed by atoms with van der Waals surface area (Å²) in [6.45, 7) is 8.88. The summed E-state index contributed by atoms with van der Waals surface area (Å²) in [5.41, 5.74) is 3.32. The number of halogens is 1. The number of piperazine rings is 1. The van der Waals surface area contributed by atoms with E-state index in [4.69, 9.17) is 4.74 Å².